The lowest BCUT2D eigenvalue weighted by Crippen LogP contribution is -2.34. The number of benzene rings is 2. The Bertz CT molecular complexity index is 1280. The van der Waals surface area contributed by atoms with Crippen LogP contribution in [0, 0.1) is 11.3 Å². The average molecular weight is 467 g/mol. The quantitative estimate of drug-likeness (QED) is 0.489. The summed E-state index contributed by atoms with van der Waals surface area (Å²) in [5.41, 5.74) is 1.21. The lowest BCUT2D eigenvalue weighted by atomic mass is 9.96. The third kappa shape index (κ3) is 4.69. The second-order valence-corrected chi connectivity index (χ2v) is 7.56. The first-order valence-corrected chi connectivity index (χ1v) is 10.5. The van der Waals surface area contributed by atoms with Crippen LogP contribution in [0.4, 0.5) is 5.95 Å². The maximum absolute atomic E-state index is 13.0. The van der Waals surface area contributed by atoms with Gasteiger partial charge in [-0.15, -0.1) is 0 Å². The van der Waals surface area contributed by atoms with Gasteiger partial charge in [-0.1, -0.05) is 41.9 Å². The molecule has 0 saturated carbocycles. The van der Waals surface area contributed by atoms with Crippen LogP contribution in [0.1, 0.15) is 40.1 Å². The van der Waals surface area contributed by atoms with Crippen LogP contribution in [0.25, 0.3) is 0 Å². The third-order valence-corrected chi connectivity index (χ3v) is 5.48. The fraction of sp³-hybridized carbons (Fsp3) is 0.250. The predicted molar refractivity (Wildman–Crippen MR) is 125 cm³/mol. The van der Waals surface area contributed by atoms with Gasteiger partial charge in [-0.3, -0.25) is 9.36 Å². The summed E-state index contributed by atoms with van der Waals surface area (Å²) in [6, 6.07) is 16.0. The Hall–Kier alpha value is -3.83. The third-order valence-electron chi connectivity index (χ3n) is 5.13. The van der Waals surface area contributed by atoms with Crippen molar-refractivity contribution < 1.29 is 14.3 Å². The molecule has 1 aromatic heterocycles. The summed E-state index contributed by atoms with van der Waals surface area (Å²) < 4.78 is 11.5. The molecule has 0 radical (unpaired) electrons. The van der Waals surface area contributed by atoms with Gasteiger partial charge in [0.15, 0.2) is 5.69 Å². The molecule has 33 heavy (non-hydrogen) atoms. The number of carbonyl (C=O) groups excluding carboxylic acids is 1. The largest absolute Gasteiger partial charge is 0.489 e. The van der Waals surface area contributed by atoms with Crippen LogP contribution in [0.5, 0.6) is 5.75 Å². The first-order chi connectivity index (χ1) is 15.8. The topological polar surface area (TPSA) is 97.5 Å². The first-order valence-electron chi connectivity index (χ1n) is 10.1. The number of hydrogen-bond acceptors (Lipinski definition) is 7. The number of carbonyl (C=O) groups is 1. The number of esters is 1. The molecule has 170 valence electrons. The number of hydrogen-bond donors (Lipinski definition) is 0. The number of halogens is 1. The lowest BCUT2D eigenvalue weighted by Gasteiger charge is -2.32. The van der Waals surface area contributed by atoms with Gasteiger partial charge in [0, 0.05) is 19.1 Å². The van der Waals surface area contributed by atoms with E-state index in [1.54, 1.807) is 43.1 Å². The van der Waals surface area contributed by atoms with Gasteiger partial charge in [0.25, 0.3) is 5.56 Å². The van der Waals surface area contributed by atoms with E-state index in [9.17, 15) is 14.9 Å². The Labute approximate surface area is 196 Å². The standard InChI is InChI=1S/C24H23ClN4O4/c1-5-33-23(31)19-21(32-4)22(30)29(3)24(27-19)28(2)20(17-11-6-7-12-18(17)25)16-10-8-9-15(13-16)14-26/h6-13,20H,5H2,1-4H3. The van der Waals surface area contributed by atoms with E-state index in [2.05, 4.69) is 11.1 Å². The summed E-state index contributed by atoms with van der Waals surface area (Å²) >= 11 is 6.54. The highest BCUT2D eigenvalue weighted by Crippen LogP contribution is 2.35. The summed E-state index contributed by atoms with van der Waals surface area (Å²) in [6.07, 6.45) is 0. The van der Waals surface area contributed by atoms with Crippen molar-refractivity contribution >= 4 is 23.5 Å². The zero-order valence-electron chi connectivity index (χ0n) is 18.7. The molecule has 2 aromatic carbocycles. The van der Waals surface area contributed by atoms with Crippen molar-refractivity contribution in [2.45, 2.75) is 13.0 Å². The van der Waals surface area contributed by atoms with Crippen molar-refractivity contribution in [2.75, 3.05) is 25.7 Å². The maximum Gasteiger partial charge on any atom is 0.361 e. The predicted octanol–water partition coefficient (Wildman–Crippen LogP) is 3.72. The van der Waals surface area contributed by atoms with Gasteiger partial charge in [0.1, 0.15) is 0 Å². The molecular formula is C24H23ClN4O4. The lowest BCUT2D eigenvalue weighted by molar-refractivity contribution is 0.0514. The van der Waals surface area contributed by atoms with Crippen LogP contribution in [-0.2, 0) is 11.8 Å². The molecule has 3 rings (SSSR count). The van der Waals surface area contributed by atoms with Crippen LogP contribution >= 0.6 is 11.6 Å². The number of ether oxygens (including phenoxy) is 2. The summed E-state index contributed by atoms with van der Waals surface area (Å²) in [5.74, 6) is -0.771. The van der Waals surface area contributed by atoms with Crippen LogP contribution in [0.2, 0.25) is 5.02 Å². The second-order valence-electron chi connectivity index (χ2n) is 7.15. The minimum atomic E-state index is -0.762. The van der Waals surface area contributed by atoms with E-state index in [1.807, 2.05) is 24.3 Å². The number of aromatic nitrogens is 2. The van der Waals surface area contributed by atoms with E-state index in [4.69, 9.17) is 21.1 Å². The SMILES string of the molecule is CCOC(=O)c1nc(N(C)C(c2cccc(C#N)c2)c2ccccc2Cl)n(C)c(=O)c1OC. The van der Waals surface area contributed by atoms with Crippen molar-refractivity contribution in [3.8, 4) is 11.8 Å². The van der Waals surface area contributed by atoms with Crippen LogP contribution < -0.4 is 15.2 Å². The molecular weight excluding hydrogens is 444 g/mol. The Morgan fingerprint density at radius 3 is 2.64 bits per heavy atom. The van der Waals surface area contributed by atoms with E-state index in [0.29, 0.717) is 10.6 Å². The number of nitriles is 1. The van der Waals surface area contributed by atoms with Crippen molar-refractivity contribution in [2.24, 2.45) is 7.05 Å². The van der Waals surface area contributed by atoms with Gasteiger partial charge in [0.2, 0.25) is 11.7 Å². The normalized spacial score (nSPS) is 11.4. The molecule has 0 aliphatic rings. The van der Waals surface area contributed by atoms with Gasteiger partial charge in [0.05, 0.1) is 31.4 Å². The molecule has 0 fully saturated rings. The van der Waals surface area contributed by atoms with E-state index in [-0.39, 0.29) is 24.0 Å². The number of nitrogens with zero attached hydrogens (tertiary/aromatic N) is 4. The minimum Gasteiger partial charge on any atom is -0.489 e. The molecule has 9 heteroatoms. The fourth-order valence-corrected chi connectivity index (χ4v) is 3.85. The van der Waals surface area contributed by atoms with Crippen LogP contribution in [-0.4, -0.2) is 36.3 Å². The van der Waals surface area contributed by atoms with E-state index in [0.717, 1.165) is 11.1 Å². The van der Waals surface area contributed by atoms with Crippen molar-refractivity contribution in [3.63, 3.8) is 0 Å². The van der Waals surface area contributed by atoms with Crippen molar-refractivity contribution in [3.05, 3.63) is 86.3 Å². The molecule has 0 saturated heterocycles. The van der Waals surface area contributed by atoms with Gasteiger partial charge in [-0.05, 0) is 36.2 Å². The average Bonchev–Trinajstić information content (AvgIpc) is 2.82. The number of rotatable bonds is 7. The smallest absolute Gasteiger partial charge is 0.361 e. The molecule has 0 bridgehead atoms. The van der Waals surface area contributed by atoms with E-state index >= 15 is 0 Å². The number of methoxy groups -OCH3 is 1. The molecule has 3 aromatic rings. The summed E-state index contributed by atoms with van der Waals surface area (Å²) in [4.78, 5) is 31.7. The Kier molecular flexibility index (Phi) is 7.36. The Morgan fingerprint density at radius 2 is 2.00 bits per heavy atom. The van der Waals surface area contributed by atoms with Crippen LogP contribution in [0.15, 0.2) is 53.3 Å². The van der Waals surface area contributed by atoms with Crippen LogP contribution in [0.3, 0.4) is 0 Å². The van der Waals surface area contributed by atoms with Gasteiger partial charge in [-0.25, -0.2) is 9.78 Å². The maximum atomic E-state index is 13.0. The van der Waals surface area contributed by atoms with Gasteiger partial charge < -0.3 is 14.4 Å². The van der Waals surface area contributed by atoms with Crippen molar-refractivity contribution in [1.82, 2.24) is 9.55 Å². The molecule has 1 atom stereocenters. The number of anilines is 1. The molecule has 1 heterocycles. The molecule has 8 nitrogen and oxygen atoms in total. The summed E-state index contributed by atoms with van der Waals surface area (Å²) in [5, 5.41) is 9.90. The Morgan fingerprint density at radius 1 is 1.27 bits per heavy atom. The Balaban J connectivity index is 2.26. The van der Waals surface area contributed by atoms with Gasteiger partial charge in [-0.2, -0.15) is 5.26 Å². The van der Waals surface area contributed by atoms with Crippen molar-refractivity contribution in [1.29, 1.82) is 5.26 Å². The van der Waals surface area contributed by atoms with Gasteiger partial charge >= 0.3 is 5.97 Å². The molecule has 0 amide bonds. The highest BCUT2D eigenvalue weighted by atomic mass is 35.5. The zero-order valence-corrected chi connectivity index (χ0v) is 19.5. The fourth-order valence-electron chi connectivity index (χ4n) is 3.61. The summed E-state index contributed by atoms with van der Waals surface area (Å²) in [6.45, 7) is 1.78. The molecule has 0 N–H and O–H groups in total. The zero-order chi connectivity index (χ0) is 24.1. The van der Waals surface area contributed by atoms with E-state index < -0.39 is 17.6 Å². The molecule has 0 aliphatic carbocycles. The molecule has 0 spiro atoms. The monoisotopic (exact) mass is 466 g/mol. The van der Waals surface area contributed by atoms with E-state index in [1.165, 1.54) is 18.7 Å². The molecule has 0 aliphatic heterocycles. The highest BCUT2D eigenvalue weighted by Gasteiger charge is 2.29. The summed E-state index contributed by atoms with van der Waals surface area (Å²) in [7, 11) is 4.56. The molecule has 1 unspecified atom stereocenters. The minimum absolute atomic E-state index is 0.118. The first kappa shape index (κ1) is 23.8. The highest BCUT2D eigenvalue weighted by molar-refractivity contribution is 6.31. The second kappa shape index (κ2) is 10.2.